The summed E-state index contributed by atoms with van der Waals surface area (Å²) in [5, 5.41) is 14.8. The molecule has 4 nitrogen and oxygen atoms in total. The zero-order chi connectivity index (χ0) is 11.9. The molecule has 0 unspecified atom stereocenters. The summed E-state index contributed by atoms with van der Waals surface area (Å²) < 4.78 is 0. The molecule has 1 saturated carbocycles. The first-order valence-electron chi connectivity index (χ1n) is 5.75. The average molecular weight is 229 g/mol. The lowest BCUT2D eigenvalue weighted by atomic mass is 10.1. The van der Waals surface area contributed by atoms with Crippen molar-refractivity contribution in [2.75, 3.05) is 17.7 Å². The molecule has 0 aliphatic heterocycles. The van der Waals surface area contributed by atoms with Gasteiger partial charge >= 0.3 is 0 Å². The molecular formula is C13H15N3O. The van der Waals surface area contributed by atoms with Crippen LogP contribution >= 0.6 is 0 Å². The summed E-state index contributed by atoms with van der Waals surface area (Å²) in [6.45, 7) is 0.171. The topological polar surface area (TPSA) is 71.2 Å². The Bertz CT molecular complexity index is 564. The van der Waals surface area contributed by atoms with Gasteiger partial charge in [-0.05, 0) is 31.0 Å². The number of aromatic nitrogens is 1. The van der Waals surface area contributed by atoms with Crippen molar-refractivity contribution in [3.8, 4) is 0 Å². The molecule has 0 radical (unpaired) electrons. The maximum Gasteiger partial charge on any atom is 0.0661 e. The van der Waals surface area contributed by atoms with E-state index in [1.165, 1.54) is 0 Å². The highest BCUT2D eigenvalue weighted by molar-refractivity contribution is 6.00. The number of nitrogen functional groups attached to an aromatic ring is 1. The zero-order valence-electron chi connectivity index (χ0n) is 9.48. The van der Waals surface area contributed by atoms with Crippen LogP contribution < -0.4 is 11.1 Å². The molecule has 17 heavy (non-hydrogen) atoms. The van der Waals surface area contributed by atoms with E-state index in [0.717, 1.165) is 35.0 Å². The molecule has 1 heterocycles. The number of nitrogens with zero attached hydrogens (tertiary/aromatic N) is 1. The smallest absolute Gasteiger partial charge is 0.0661 e. The molecule has 1 aromatic heterocycles. The summed E-state index contributed by atoms with van der Waals surface area (Å²) in [7, 11) is 0. The minimum absolute atomic E-state index is 0.119. The van der Waals surface area contributed by atoms with Gasteiger partial charge in [0.25, 0.3) is 0 Å². The van der Waals surface area contributed by atoms with Crippen molar-refractivity contribution in [3.05, 3.63) is 30.6 Å². The summed E-state index contributed by atoms with van der Waals surface area (Å²) in [4.78, 5) is 4.09. The second kappa shape index (κ2) is 3.60. The van der Waals surface area contributed by atoms with Crippen LogP contribution in [0.25, 0.3) is 10.8 Å². The van der Waals surface area contributed by atoms with Crippen LogP contribution in [0, 0.1) is 0 Å². The Morgan fingerprint density at radius 1 is 1.29 bits per heavy atom. The maximum absolute atomic E-state index is 9.34. The lowest BCUT2D eigenvalue weighted by molar-refractivity contribution is 0.266. The van der Waals surface area contributed by atoms with Crippen LogP contribution in [-0.4, -0.2) is 22.2 Å². The van der Waals surface area contributed by atoms with Crippen LogP contribution in [-0.2, 0) is 0 Å². The highest BCUT2D eigenvalue weighted by Gasteiger charge is 2.42. The third-order valence-electron chi connectivity index (χ3n) is 3.41. The SMILES string of the molecule is Nc1ccc(NC2(CO)CC2)c2ccncc12. The van der Waals surface area contributed by atoms with Gasteiger partial charge in [-0.2, -0.15) is 0 Å². The molecule has 1 aromatic carbocycles. The number of hydrogen-bond acceptors (Lipinski definition) is 4. The number of aliphatic hydroxyl groups is 1. The Balaban J connectivity index is 2.08. The van der Waals surface area contributed by atoms with Gasteiger partial charge in [0.05, 0.1) is 12.1 Å². The Kier molecular flexibility index (Phi) is 2.19. The molecule has 0 atom stereocenters. The van der Waals surface area contributed by atoms with Crippen LogP contribution in [0.1, 0.15) is 12.8 Å². The van der Waals surface area contributed by atoms with Crippen molar-refractivity contribution in [3.63, 3.8) is 0 Å². The van der Waals surface area contributed by atoms with E-state index >= 15 is 0 Å². The number of rotatable bonds is 3. The van der Waals surface area contributed by atoms with Gasteiger partial charge in [-0.15, -0.1) is 0 Å². The third-order valence-corrected chi connectivity index (χ3v) is 3.41. The fraction of sp³-hybridized carbons (Fsp3) is 0.308. The van der Waals surface area contributed by atoms with Crippen LogP contribution in [0.5, 0.6) is 0 Å². The largest absolute Gasteiger partial charge is 0.398 e. The Hall–Kier alpha value is -1.81. The van der Waals surface area contributed by atoms with Gasteiger partial charge in [-0.25, -0.2) is 0 Å². The molecule has 2 aromatic rings. The molecule has 88 valence electrons. The van der Waals surface area contributed by atoms with Crippen molar-refractivity contribution in [2.24, 2.45) is 0 Å². The number of aliphatic hydroxyl groups excluding tert-OH is 1. The van der Waals surface area contributed by atoms with Gasteiger partial charge in [0.15, 0.2) is 0 Å². The number of nitrogens with two attached hydrogens (primary N) is 1. The van der Waals surface area contributed by atoms with Crippen molar-refractivity contribution in [2.45, 2.75) is 18.4 Å². The van der Waals surface area contributed by atoms with Crippen molar-refractivity contribution < 1.29 is 5.11 Å². The maximum atomic E-state index is 9.34. The fourth-order valence-corrected chi connectivity index (χ4v) is 2.08. The summed E-state index contributed by atoms with van der Waals surface area (Å²) >= 11 is 0. The Morgan fingerprint density at radius 2 is 2.12 bits per heavy atom. The van der Waals surface area contributed by atoms with Gasteiger partial charge in [0, 0.05) is 34.5 Å². The Labute approximate surface area is 99.5 Å². The predicted molar refractivity (Wildman–Crippen MR) is 68.8 cm³/mol. The van der Waals surface area contributed by atoms with E-state index < -0.39 is 0 Å². The highest BCUT2D eigenvalue weighted by atomic mass is 16.3. The Morgan fingerprint density at radius 3 is 2.82 bits per heavy atom. The summed E-state index contributed by atoms with van der Waals surface area (Å²) in [5.74, 6) is 0. The lowest BCUT2D eigenvalue weighted by Gasteiger charge is -2.18. The molecule has 1 aliphatic rings. The summed E-state index contributed by atoms with van der Waals surface area (Å²) in [6.07, 6.45) is 5.56. The quantitative estimate of drug-likeness (QED) is 0.701. The normalized spacial score (nSPS) is 17.0. The second-order valence-corrected chi connectivity index (χ2v) is 4.69. The molecule has 4 heteroatoms. The number of hydrogen-bond donors (Lipinski definition) is 3. The minimum atomic E-state index is -0.119. The number of anilines is 2. The van der Waals surface area contributed by atoms with Crippen LogP contribution in [0.2, 0.25) is 0 Å². The van der Waals surface area contributed by atoms with E-state index in [9.17, 15) is 5.11 Å². The van der Waals surface area contributed by atoms with Crippen LogP contribution in [0.3, 0.4) is 0 Å². The fourth-order valence-electron chi connectivity index (χ4n) is 2.08. The number of benzene rings is 1. The predicted octanol–water partition coefficient (Wildman–Crippen LogP) is 1.75. The van der Waals surface area contributed by atoms with E-state index in [1.54, 1.807) is 12.4 Å². The lowest BCUT2D eigenvalue weighted by Crippen LogP contribution is -2.25. The van der Waals surface area contributed by atoms with Gasteiger partial charge in [0.2, 0.25) is 0 Å². The zero-order valence-corrected chi connectivity index (χ0v) is 9.48. The number of nitrogens with one attached hydrogen (secondary N) is 1. The first-order chi connectivity index (χ1) is 8.24. The number of fused-ring (bicyclic) bond motifs is 1. The second-order valence-electron chi connectivity index (χ2n) is 4.69. The van der Waals surface area contributed by atoms with Gasteiger partial charge in [-0.1, -0.05) is 0 Å². The molecular weight excluding hydrogens is 214 g/mol. The van der Waals surface area contributed by atoms with E-state index in [4.69, 9.17) is 5.73 Å². The van der Waals surface area contributed by atoms with E-state index in [-0.39, 0.29) is 12.1 Å². The standard InChI is InChI=1S/C13H15N3O/c14-11-1-2-12(16-13(8-17)4-5-13)9-3-6-15-7-10(9)11/h1-3,6-7,16-17H,4-5,8,14H2. The molecule has 0 spiro atoms. The van der Waals surface area contributed by atoms with Gasteiger partial charge in [0.1, 0.15) is 0 Å². The molecule has 0 amide bonds. The van der Waals surface area contributed by atoms with Crippen molar-refractivity contribution in [1.82, 2.24) is 4.98 Å². The van der Waals surface area contributed by atoms with E-state index in [2.05, 4.69) is 10.3 Å². The first kappa shape index (κ1) is 10.4. The monoisotopic (exact) mass is 229 g/mol. The molecule has 3 rings (SSSR count). The third kappa shape index (κ3) is 1.70. The molecule has 1 aliphatic carbocycles. The van der Waals surface area contributed by atoms with Gasteiger partial charge < -0.3 is 16.2 Å². The average Bonchev–Trinajstić information content (AvgIpc) is 3.14. The van der Waals surface area contributed by atoms with E-state index in [0.29, 0.717) is 0 Å². The molecule has 0 bridgehead atoms. The van der Waals surface area contributed by atoms with Gasteiger partial charge in [-0.3, -0.25) is 4.98 Å². The molecule has 4 N–H and O–H groups in total. The van der Waals surface area contributed by atoms with Crippen LogP contribution in [0.15, 0.2) is 30.6 Å². The molecule has 1 fully saturated rings. The summed E-state index contributed by atoms with van der Waals surface area (Å²) in [6, 6.07) is 5.79. The molecule has 0 saturated heterocycles. The minimum Gasteiger partial charge on any atom is -0.398 e. The first-order valence-corrected chi connectivity index (χ1v) is 5.75. The highest BCUT2D eigenvalue weighted by Crippen LogP contribution is 2.40. The summed E-state index contributed by atoms with van der Waals surface area (Å²) in [5.41, 5.74) is 7.55. The number of pyridine rings is 1. The van der Waals surface area contributed by atoms with Crippen molar-refractivity contribution >= 4 is 22.1 Å². The van der Waals surface area contributed by atoms with Crippen LogP contribution in [0.4, 0.5) is 11.4 Å². The van der Waals surface area contributed by atoms with E-state index in [1.807, 2.05) is 18.2 Å². The van der Waals surface area contributed by atoms with Crippen molar-refractivity contribution in [1.29, 1.82) is 0 Å².